The van der Waals surface area contributed by atoms with Gasteiger partial charge < -0.3 is 15.0 Å². The summed E-state index contributed by atoms with van der Waals surface area (Å²) in [5.41, 5.74) is 0. The molecule has 1 aliphatic heterocycles. The third kappa shape index (κ3) is 4.24. The minimum absolute atomic E-state index is 0.0490. The SMILES string of the molecule is CC(C)c1nnc(NC(=O)C2CC=CCC2C(=O)N2CCOCC2)s1. The molecule has 0 spiro atoms. The molecule has 2 amide bonds. The van der Waals surface area contributed by atoms with Gasteiger partial charge in [0.1, 0.15) is 5.01 Å². The molecule has 25 heavy (non-hydrogen) atoms. The van der Waals surface area contributed by atoms with Gasteiger partial charge in [-0.05, 0) is 12.8 Å². The lowest BCUT2D eigenvalue weighted by molar-refractivity contribution is -0.144. The van der Waals surface area contributed by atoms with Crippen LogP contribution in [0.5, 0.6) is 0 Å². The fourth-order valence-electron chi connectivity index (χ4n) is 3.11. The maximum atomic E-state index is 12.8. The highest BCUT2D eigenvalue weighted by molar-refractivity contribution is 7.15. The molecule has 2 aliphatic rings. The Hall–Kier alpha value is -1.80. The first-order valence-corrected chi connectivity index (χ1v) is 9.53. The highest BCUT2D eigenvalue weighted by atomic mass is 32.1. The molecule has 7 nitrogen and oxygen atoms in total. The molecule has 1 aliphatic carbocycles. The molecule has 1 saturated heterocycles. The van der Waals surface area contributed by atoms with E-state index in [-0.39, 0.29) is 29.6 Å². The van der Waals surface area contributed by atoms with Crippen LogP contribution in [-0.4, -0.2) is 53.2 Å². The normalized spacial score (nSPS) is 23.7. The van der Waals surface area contributed by atoms with Gasteiger partial charge >= 0.3 is 0 Å². The van der Waals surface area contributed by atoms with Gasteiger partial charge in [0, 0.05) is 19.0 Å². The summed E-state index contributed by atoms with van der Waals surface area (Å²) in [6.07, 6.45) is 5.14. The standard InChI is InChI=1S/C17H24N4O3S/c1-11(2)15-19-20-17(25-15)18-14(22)12-5-3-4-6-13(12)16(23)21-7-9-24-10-8-21/h3-4,11-13H,5-10H2,1-2H3,(H,18,20,22). The van der Waals surface area contributed by atoms with Crippen molar-refractivity contribution >= 4 is 28.3 Å². The van der Waals surface area contributed by atoms with Gasteiger partial charge in [-0.25, -0.2) is 0 Å². The van der Waals surface area contributed by atoms with Gasteiger partial charge in [-0.2, -0.15) is 0 Å². The zero-order chi connectivity index (χ0) is 17.8. The van der Waals surface area contributed by atoms with E-state index in [1.54, 1.807) is 0 Å². The maximum absolute atomic E-state index is 12.8. The minimum atomic E-state index is -0.369. The number of carbonyl (C=O) groups is 2. The number of anilines is 1. The van der Waals surface area contributed by atoms with Crippen LogP contribution in [0.1, 0.15) is 37.6 Å². The summed E-state index contributed by atoms with van der Waals surface area (Å²) in [7, 11) is 0. The van der Waals surface area contributed by atoms with Crippen molar-refractivity contribution < 1.29 is 14.3 Å². The number of ether oxygens (including phenoxy) is 1. The zero-order valence-corrected chi connectivity index (χ0v) is 15.4. The molecule has 136 valence electrons. The van der Waals surface area contributed by atoms with Crippen molar-refractivity contribution in [2.75, 3.05) is 31.6 Å². The van der Waals surface area contributed by atoms with Gasteiger partial charge in [0.2, 0.25) is 16.9 Å². The number of carbonyl (C=O) groups excluding carboxylic acids is 2. The highest BCUT2D eigenvalue weighted by Crippen LogP contribution is 2.30. The van der Waals surface area contributed by atoms with E-state index in [9.17, 15) is 9.59 Å². The molecule has 8 heteroatoms. The summed E-state index contributed by atoms with van der Waals surface area (Å²) in [6, 6.07) is 0. The monoisotopic (exact) mass is 364 g/mol. The number of nitrogens with zero attached hydrogens (tertiary/aromatic N) is 3. The number of hydrogen-bond acceptors (Lipinski definition) is 6. The maximum Gasteiger partial charge on any atom is 0.230 e. The fourth-order valence-corrected chi connectivity index (χ4v) is 3.86. The molecular formula is C17H24N4O3S. The average Bonchev–Trinajstić information content (AvgIpc) is 3.10. The molecule has 1 fully saturated rings. The lowest BCUT2D eigenvalue weighted by Crippen LogP contribution is -2.47. The van der Waals surface area contributed by atoms with Gasteiger partial charge in [-0.1, -0.05) is 37.3 Å². The molecule has 1 aromatic heterocycles. The van der Waals surface area contributed by atoms with E-state index in [0.717, 1.165) is 5.01 Å². The molecule has 3 rings (SSSR count). The average molecular weight is 364 g/mol. The summed E-state index contributed by atoms with van der Waals surface area (Å²) >= 11 is 1.39. The molecule has 1 aromatic rings. The van der Waals surface area contributed by atoms with Gasteiger partial charge in [-0.3, -0.25) is 9.59 Å². The Morgan fingerprint density at radius 3 is 2.52 bits per heavy atom. The van der Waals surface area contributed by atoms with Crippen LogP contribution in [0, 0.1) is 11.8 Å². The van der Waals surface area contributed by atoms with E-state index in [1.807, 2.05) is 30.9 Å². The number of morpholine rings is 1. The number of allylic oxidation sites excluding steroid dienone is 2. The van der Waals surface area contributed by atoms with Crippen molar-refractivity contribution in [1.82, 2.24) is 15.1 Å². The van der Waals surface area contributed by atoms with E-state index in [0.29, 0.717) is 44.3 Å². The van der Waals surface area contributed by atoms with Crippen LogP contribution < -0.4 is 5.32 Å². The fraction of sp³-hybridized carbons (Fsp3) is 0.647. The Morgan fingerprint density at radius 1 is 1.20 bits per heavy atom. The topological polar surface area (TPSA) is 84.4 Å². The lowest BCUT2D eigenvalue weighted by atomic mass is 9.81. The van der Waals surface area contributed by atoms with E-state index < -0.39 is 0 Å². The van der Waals surface area contributed by atoms with Crippen LogP contribution in [0.25, 0.3) is 0 Å². The summed E-state index contributed by atoms with van der Waals surface area (Å²) in [5, 5.41) is 12.4. The first kappa shape index (κ1) is 18.0. The second kappa shape index (κ2) is 8.05. The van der Waals surface area contributed by atoms with E-state index >= 15 is 0 Å². The predicted octanol–water partition coefficient (Wildman–Crippen LogP) is 2.04. The third-order valence-corrected chi connectivity index (χ3v) is 5.71. The molecule has 0 aromatic carbocycles. The van der Waals surface area contributed by atoms with Crippen molar-refractivity contribution in [2.45, 2.75) is 32.6 Å². The van der Waals surface area contributed by atoms with Crippen molar-refractivity contribution in [3.05, 3.63) is 17.2 Å². The van der Waals surface area contributed by atoms with Crippen LogP contribution in [0.2, 0.25) is 0 Å². The van der Waals surface area contributed by atoms with Crippen molar-refractivity contribution in [1.29, 1.82) is 0 Å². The quantitative estimate of drug-likeness (QED) is 0.827. The molecule has 2 unspecified atom stereocenters. The minimum Gasteiger partial charge on any atom is -0.378 e. The van der Waals surface area contributed by atoms with Crippen LogP contribution in [0.3, 0.4) is 0 Å². The molecule has 0 radical (unpaired) electrons. The smallest absolute Gasteiger partial charge is 0.230 e. The lowest BCUT2D eigenvalue weighted by Gasteiger charge is -2.34. The first-order valence-electron chi connectivity index (χ1n) is 8.72. The van der Waals surface area contributed by atoms with Crippen LogP contribution in [-0.2, 0) is 14.3 Å². The predicted molar refractivity (Wildman–Crippen MR) is 95.4 cm³/mol. The van der Waals surface area contributed by atoms with Gasteiger partial charge in [-0.15, -0.1) is 10.2 Å². The van der Waals surface area contributed by atoms with Crippen LogP contribution in [0.15, 0.2) is 12.2 Å². The van der Waals surface area contributed by atoms with Crippen molar-refractivity contribution in [3.8, 4) is 0 Å². The Labute approximate surface area is 151 Å². The first-order chi connectivity index (χ1) is 12.1. The Balaban J connectivity index is 1.68. The third-order valence-electron chi connectivity index (χ3n) is 4.57. The second-order valence-electron chi connectivity index (χ2n) is 6.68. The molecule has 0 saturated carbocycles. The van der Waals surface area contributed by atoms with Crippen LogP contribution in [0.4, 0.5) is 5.13 Å². The Bertz CT molecular complexity index is 652. The van der Waals surface area contributed by atoms with E-state index in [4.69, 9.17) is 4.74 Å². The molecular weight excluding hydrogens is 340 g/mol. The Kier molecular flexibility index (Phi) is 5.80. The number of amides is 2. The number of rotatable bonds is 4. The van der Waals surface area contributed by atoms with Crippen LogP contribution >= 0.6 is 11.3 Å². The summed E-state index contributed by atoms with van der Waals surface area (Å²) in [6.45, 7) is 6.40. The molecule has 2 heterocycles. The summed E-state index contributed by atoms with van der Waals surface area (Å²) < 4.78 is 5.31. The van der Waals surface area contributed by atoms with Crippen molar-refractivity contribution in [2.24, 2.45) is 11.8 Å². The number of nitrogens with one attached hydrogen (secondary N) is 1. The highest BCUT2D eigenvalue weighted by Gasteiger charge is 2.37. The second-order valence-corrected chi connectivity index (χ2v) is 7.69. The number of hydrogen-bond donors (Lipinski definition) is 1. The Morgan fingerprint density at radius 2 is 1.88 bits per heavy atom. The molecule has 0 bridgehead atoms. The summed E-state index contributed by atoms with van der Waals surface area (Å²) in [5.74, 6) is -0.515. The largest absolute Gasteiger partial charge is 0.378 e. The van der Waals surface area contributed by atoms with Gasteiger partial charge in [0.25, 0.3) is 0 Å². The summed E-state index contributed by atoms with van der Waals surface area (Å²) in [4.78, 5) is 27.4. The van der Waals surface area contributed by atoms with Gasteiger partial charge in [0.05, 0.1) is 25.0 Å². The molecule has 1 N–H and O–H groups in total. The van der Waals surface area contributed by atoms with Crippen molar-refractivity contribution in [3.63, 3.8) is 0 Å². The molecule has 2 atom stereocenters. The van der Waals surface area contributed by atoms with Gasteiger partial charge in [0.15, 0.2) is 0 Å². The number of aromatic nitrogens is 2. The van der Waals surface area contributed by atoms with E-state index in [2.05, 4.69) is 15.5 Å². The van der Waals surface area contributed by atoms with E-state index in [1.165, 1.54) is 11.3 Å². The zero-order valence-electron chi connectivity index (χ0n) is 14.6.